The molecule has 6 heteroatoms. The van der Waals surface area contributed by atoms with Gasteiger partial charge < -0.3 is 9.84 Å². The molecule has 0 saturated heterocycles. The Hall–Kier alpha value is -2.21. The molecule has 19 heavy (non-hydrogen) atoms. The Morgan fingerprint density at radius 2 is 2.32 bits per heavy atom. The number of rotatable bonds is 2. The molecule has 2 aromatic heterocycles. The summed E-state index contributed by atoms with van der Waals surface area (Å²) in [5.41, 5.74) is 5.96. The fourth-order valence-corrected chi connectivity index (χ4v) is 2.74. The van der Waals surface area contributed by atoms with Crippen LogP contribution >= 0.6 is 11.3 Å². The molecule has 0 bridgehead atoms. The number of fused-ring (bicyclic) bond motifs is 1. The van der Waals surface area contributed by atoms with E-state index in [9.17, 15) is 0 Å². The molecule has 1 aliphatic rings. The summed E-state index contributed by atoms with van der Waals surface area (Å²) in [5, 5.41) is 9.21. The van der Waals surface area contributed by atoms with E-state index in [1.807, 2.05) is 11.4 Å². The number of hydrogen-bond acceptors (Lipinski definition) is 6. The van der Waals surface area contributed by atoms with E-state index in [2.05, 4.69) is 32.6 Å². The van der Waals surface area contributed by atoms with Crippen molar-refractivity contribution in [3.63, 3.8) is 0 Å². The number of benzene rings is 1. The molecular formula is C13H10N4OS. The van der Waals surface area contributed by atoms with Crippen molar-refractivity contribution >= 4 is 17.0 Å². The maximum absolute atomic E-state index is 5.32. The first-order valence-electron chi connectivity index (χ1n) is 5.99. The molecule has 0 spiro atoms. The lowest BCUT2D eigenvalue weighted by Gasteiger charge is -2.00. The Labute approximate surface area is 113 Å². The van der Waals surface area contributed by atoms with E-state index in [4.69, 9.17) is 4.52 Å². The quantitative estimate of drug-likeness (QED) is 0.775. The van der Waals surface area contributed by atoms with E-state index in [1.54, 1.807) is 5.51 Å². The molecule has 3 aromatic rings. The molecular weight excluding hydrogens is 260 g/mol. The van der Waals surface area contributed by atoms with Crippen molar-refractivity contribution in [2.75, 3.05) is 11.9 Å². The molecule has 0 aliphatic carbocycles. The predicted octanol–water partition coefficient (Wildman–Crippen LogP) is 2.83. The van der Waals surface area contributed by atoms with Gasteiger partial charge in [-0.15, -0.1) is 11.3 Å². The molecule has 1 N–H and O–H groups in total. The average Bonchev–Trinajstić information content (AvgIpc) is 3.18. The Morgan fingerprint density at radius 3 is 3.21 bits per heavy atom. The summed E-state index contributed by atoms with van der Waals surface area (Å²) in [7, 11) is 0. The van der Waals surface area contributed by atoms with Gasteiger partial charge in [0.15, 0.2) is 0 Å². The van der Waals surface area contributed by atoms with Crippen LogP contribution < -0.4 is 5.32 Å². The minimum absolute atomic E-state index is 0.537. The second-order valence-corrected chi connectivity index (χ2v) is 5.06. The summed E-state index contributed by atoms with van der Waals surface area (Å²) >= 11 is 1.51. The normalized spacial score (nSPS) is 13.3. The van der Waals surface area contributed by atoms with Crippen LogP contribution in [0.1, 0.15) is 5.56 Å². The third-order valence-electron chi connectivity index (χ3n) is 3.15. The lowest BCUT2D eigenvalue weighted by Crippen LogP contribution is -1.90. The largest absolute Gasteiger partial charge is 0.384 e. The molecule has 0 fully saturated rings. The van der Waals surface area contributed by atoms with Crippen LogP contribution in [-0.4, -0.2) is 21.7 Å². The average molecular weight is 270 g/mol. The van der Waals surface area contributed by atoms with E-state index in [0.717, 1.165) is 24.2 Å². The van der Waals surface area contributed by atoms with Crippen LogP contribution in [0, 0.1) is 0 Å². The van der Waals surface area contributed by atoms with Crippen molar-refractivity contribution in [1.82, 2.24) is 15.1 Å². The van der Waals surface area contributed by atoms with Gasteiger partial charge in [-0.1, -0.05) is 5.16 Å². The van der Waals surface area contributed by atoms with E-state index in [1.165, 1.54) is 22.6 Å². The highest BCUT2D eigenvalue weighted by Crippen LogP contribution is 2.28. The van der Waals surface area contributed by atoms with Gasteiger partial charge >= 0.3 is 0 Å². The SMILES string of the molecule is c1nc(-c2noc(-c3ccc4c(c3)CCN4)n2)cs1. The summed E-state index contributed by atoms with van der Waals surface area (Å²) in [6.07, 6.45) is 1.04. The molecule has 0 atom stereocenters. The fraction of sp³-hybridized carbons (Fsp3) is 0.154. The first-order chi connectivity index (χ1) is 9.40. The highest BCUT2D eigenvalue weighted by molar-refractivity contribution is 7.07. The number of hydrogen-bond donors (Lipinski definition) is 1. The summed E-state index contributed by atoms with van der Waals surface area (Å²) in [5.74, 6) is 1.08. The van der Waals surface area contributed by atoms with Gasteiger partial charge in [0.25, 0.3) is 5.89 Å². The van der Waals surface area contributed by atoms with Crippen LogP contribution in [0.2, 0.25) is 0 Å². The van der Waals surface area contributed by atoms with Crippen LogP contribution in [-0.2, 0) is 6.42 Å². The van der Waals surface area contributed by atoms with Crippen molar-refractivity contribution in [3.8, 4) is 23.0 Å². The van der Waals surface area contributed by atoms with Crippen molar-refractivity contribution in [3.05, 3.63) is 34.7 Å². The molecule has 0 unspecified atom stereocenters. The summed E-state index contributed by atoms with van der Waals surface area (Å²) < 4.78 is 5.32. The Kier molecular flexibility index (Phi) is 2.34. The molecule has 5 nitrogen and oxygen atoms in total. The Bertz CT molecular complexity index is 720. The lowest BCUT2D eigenvalue weighted by atomic mass is 10.1. The molecule has 1 aromatic carbocycles. The van der Waals surface area contributed by atoms with Crippen molar-refractivity contribution in [2.24, 2.45) is 0 Å². The minimum atomic E-state index is 0.537. The third kappa shape index (κ3) is 1.80. The molecule has 1 aliphatic heterocycles. The molecule has 3 heterocycles. The number of anilines is 1. The van der Waals surface area contributed by atoms with Crippen LogP contribution in [0.4, 0.5) is 5.69 Å². The second-order valence-electron chi connectivity index (χ2n) is 4.35. The van der Waals surface area contributed by atoms with Crippen LogP contribution in [0.15, 0.2) is 33.6 Å². The highest BCUT2D eigenvalue weighted by Gasteiger charge is 2.15. The van der Waals surface area contributed by atoms with Gasteiger partial charge in [0.05, 0.1) is 5.51 Å². The molecule has 0 radical (unpaired) electrons. The van der Waals surface area contributed by atoms with Crippen LogP contribution in [0.5, 0.6) is 0 Å². The minimum Gasteiger partial charge on any atom is -0.384 e. The molecule has 94 valence electrons. The number of nitrogens with zero attached hydrogens (tertiary/aromatic N) is 3. The Balaban J connectivity index is 1.73. The summed E-state index contributed by atoms with van der Waals surface area (Å²) in [4.78, 5) is 8.57. The van der Waals surface area contributed by atoms with Gasteiger partial charge in [-0.05, 0) is 30.2 Å². The van der Waals surface area contributed by atoms with Crippen LogP contribution in [0.25, 0.3) is 23.0 Å². The first-order valence-corrected chi connectivity index (χ1v) is 6.94. The highest BCUT2D eigenvalue weighted by atomic mass is 32.1. The monoisotopic (exact) mass is 270 g/mol. The topological polar surface area (TPSA) is 63.8 Å². The van der Waals surface area contributed by atoms with Gasteiger partial charge in [0.1, 0.15) is 5.69 Å². The van der Waals surface area contributed by atoms with Gasteiger partial charge in [-0.3, -0.25) is 0 Å². The zero-order valence-corrected chi connectivity index (χ0v) is 10.8. The number of nitrogens with one attached hydrogen (secondary N) is 1. The first kappa shape index (κ1) is 10.7. The zero-order chi connectivity index (χ0) is 12.7. The van der Waals surface area contributed by atoms with Crippen molar-refractivity contribution < 1.29 is 4.52 Å². The molecule has 0 saturated carbocycles. The number of aromatic nitrogens is 3. The van der Waals surface area contributed by atoms with E-state index in [0.29, 0.717) is 11.7 Å². The number of thiazole rings is 1. The standard InChI is InChI=1S/C13H10N4OS/c1-2-10-8(3-4-14-10)5-9(1)13-16-12(17-18-13)11-6-19-7-15-11/h1-2,5-7,14H,3-4H2. The maximum Gasteiger partial charge on any atom is 0.258 e. The van der Waals surface area contributed by atoms with E-state index in [-0.39, 0.29) is 0 Å². The molecule has 4 rings (SSSR count). The third-order valence-corrected chi connectivity index (χ3v) is 3.74. The predicted molar refractivity (Wildman–Crippen MR) is 73.0 cm³/mol. The lowest BCUT2D eigenvalue weighted by molar-refractivity contribution is 0.432. The van der Waals surface area contributed by atoms with Crippen molar-refractivity contribution in [1.29, 1.82) is 0 Å². The smallest absolute Gasteiger partial charge is 0.258 e. The van der Waals surface area contributed by atoms with Gasteiger partial charge in [-0.2, -0.15) is 4.98 Å². The maximum atomic E-state index is 5.32. The van der Waals surface area contributed by atoms with Gasteiger partial charge in [0.2, 0.25) is 5.82 Å². The second kappa shape index (κ2) is 4.17. The van der Waals surface area contributed by atoms with Crippen molar-refractivity contribution in [2.45, 2.75) is 6.42 Å². The van der Waals surface area contributed by atoms with Gasteiger partial charge in [0, 0.05) is 23.2 Å². The zero-order valence-electron chi connectivity index (χ0n) is 9.96. The van der Waals surface area contributed by atoms with Crippen LogP contribution in [0.3, 0.4) is 0 Å². The summed E-state index contributed by atoms with van der Waals surface area (Å²) in [6.45, 7) is 0.993. The van der Waals surface area contributed by atoms with E-state index >= 15 is 0 Å². The fourth-order valence-electron chi connectivity index (χ4n) is 2.21. The Morgan fingerprint density at radius 1 is 1.32 bits per heavy atom. The van der Waals surface area contributed by atoms with Gasteiger partial charge in [-0.25, -0.2) is 4.98 Å². The molecule has 0 amide bonds. The van der Waals surface area contributed by atoms with E-state index < -0.39 is 0 Å². The summed E-state index contributed by atoms with van der Waals surface area (Å²) in [6, 6.07) is 6.16.